The molecule has 0 saturated heterocycles. The number of hydrogen-bond donors (Lipinski definition) is 1. The van der Waals surface area contributed by atoms with Crippen LogP contribution in [0.3, 0.4) is 0 Å². The molecule has 3 aromatic rings. The van der Waals surface area contributed by atoms with Gasteiger partial charge in [-0.1, -0.05) is 24.3 Å². The highest BCUT2D eigenvalue weighted by molar-refractivity contribution is 7.98. The predicted molar refractivity (Wildman–Crippen MR) is 99.6 cm³/mol. The Kier molecular flexibility index (Phi) is 4.24. The topological polar surface area (TPSA) is 45.5 Å². The number of hydrogen-bond acceptors (Lipinski definition) is 4. The molecule has 0 spiro atoms. The van der Waals surface area contributed by atoms with Crippen LogP contribution in [0.1, 0.15) is 27.8 Å². The van der Waals surface area contributed by atoms with Gasteiger partial charge in [-0.15, -0.1) is 11.8 Å². The molecule has 2 aromatic carbocycles. The number of fused-ring (bicyclic) bond motifs is 1. The van der Waals surface area contributed by atoms with Crippen molar-refractivity contribution in [1.82, 2.24) is 4.90 Å². The standard InChI is InChI=1S/C20H18N2O2S/c1-25-16-10-8-14(9-11-16)19-21-18-7-3-2-6-17(18)20(23)22(19)13-15-5-4-12-24-15/h2-12,19,21H,13H2,1H3/t19-/m1/s1. The van der Waals surface area contributed by atoms with Gasteiger partial charge in [0, 0.05) is 10.6 Å². The van der Waals surface area contributed by atoms with Crippen LogP contribution in [0.25, 0.3) is 0 Å². The van der Waals surface area contributed by atoms with Gasteiger partial charge in [-0.25, -0.2) is 0 Å². The lowest BCUT2D eigenvalue weighted by Gasteiger charge is -2.37. The largest absolute Gasteiger partial charge is 0.467 e. The molecule has 0 radical (unpaired) electrons. The van der Waals surface area contributed by atoms with Gasteiger partial charge in [0.2, 0.25) is 0 Å². The summed E-state index contributed by atoms with van der Waals surface area (Å²) in [6.45, 7) is 0.419. The summed E-state index contributed by atoms with van der Waals surface area (Å²) in [5.74, 6) is 0.768. The number of nitrogens with zero attached hydrogens (tertiary/aromatic N) is 1. The fourth-order valence-electron chi connectivity index (χ4n) is 3.08. The summed E-state index contributed by atoms with van der Waals surface area (Å²) in [6.07, 6.45) is 3.45. The van der Waals surface area contributed by atoms with E-state index in [1.807, 2.05) is 41.3 Å². The van der Waals surface area contributed by atoms with E-state index in [4.69, 9.17) is 4.42 Å². The Morgan fingerprint density at radius 2 is 1.88 bits per heavy atom. The number of amides is 1. The van der Waals surface area contributed by atoms with Crippen LogP contribution in [0.15, 0.2) is 76.2 Å². The highest BCUT2D eigenvalue weighted by Crippen LogP contribution is 2.34. The molecule has 1 aliphatic heterocycles. The Balaban J connectivity index is 1.74. The van der Waals surface area contributed by atoms with E-state index >= 15 is 0 Å². The first kappa shape index (κ1) is 15.8. The van der Waals surface area contributed by atoms with Crippen molar-refractivity contribution in [2.75, 3.05) is 11.6 Å². The van der Waals surface area contributed by atoms with Gasteiger partial charge in [-0.2, -0.15) is 0 Å². The summed E-state index contributed by atoms with van der Waals surface area (Å²) >= 11 is 1.70. The van der Waals surface area contributed by atoms with Crippen LogP contribution in [-0.2, 0) is 6.54 Å². The molecular formula is C20H18N2O2S. The van der Waals surface area contributed by atoms with Crippen molar-refractivity contribution >= 4 is 23.4 Å². The molecule has 1 N–H and O–H groups in total. The normalized spacial score (nSPS) is 16.4. The number of furan rings is 1. The van der Waals surface area contributed by atoms with Crippen LogP contribution in [0.2, 0.25) is 0 Å². The summed E-state index contributed by atoms with van der Waals surface area (Å²) in [7, 11) is 0. The monoisotopic (exact) mass is 350 g/mol. The van der Waals surface area contributed by atoms with Crippen LogP contribution in [-0.4, -0.2) is 17.1 Å². The van der Waals surface area contributed by atoms with Gasteiger partial charge in [0.1, 0.15) is 11.9 Å². The lowest BCUT2D eigenvalue weighted by molar-refractivity contribution is 0.0651. The summed E-state index contributed by atoms with van der Waals surface area (Å²) in [5.41, 5.74) is 2.60. The zero-order valence-corrected chi connectivity index (χ0v) is 14.6. The number of carbonyl (C=O) groups is 1. The minimum Gasteiger partial charge on any atom is -0.467 e. The lowest BCUT2D eigenvalue weighted by Crippen LogP contribution is -2.42. The number of benzene rings is 2. The van der Waals surface area contributed by atoms with Crippen LogP contribution >= 0.6 is 11.8 Å². The van der Waals surface area contributed by atoms with Crippen LogP contribution in [0, 0.1) is 0 Å². The van der Waals surface area contributed by atoms with Crippen molar-refractivity contribution in [3.05, 3.63) is 83.8 Å². The molecular weight excluding hydrogens is 332 g/mol. The average Bonchev–Trinajstić information content (AvgIpc) is 3.17. The molecule has 5 heteroatoms. The number of thioether (sulfide) groups is 1. The molecule has 4 rings (SSSR count). The number of anilines is 1. The fourth-order valence-corrected chi connectivity index (χ4v) is 3.48. The third kappa shape index (κ3) is 3.03. The van der Waals surface area contributed by atoms with Gasteiger partial charge in [0.05, 0.1) is 18.4 Å². The van der Waals surface area contributed by atoms with Gasteiger partial charge in [-0.05, 0) is 48.2 Å². The minimum absolute atomic E-state index is 0.00435. The van der Waals surface area contributed by atoms with E-state index in [-0.39, 0.29) is 12.1 Å². The second kappa shape index (κ2) is 6.69. The molecule has 126 valence electrons. The van der Waals surface area contributed by atoms with Crippen molar-refractivity contribution in [2.24, 2.45) is 0 Å². The third-order valence-corrected chi connectivity index (χ3v) is 5.10. The molecule has 2 heterocycles. The zero-order chi connectivity index (χ0) is 17.2. The molecule has 1 aliphatic rings. The van der Waals surface area contributed by atoms with Gasteiger partial charge < -0.3 is 14.6 Å². The van der Waals surface area contributed by atoms with Crippen LogP contribution in [0.5, 0.6) is 0 Å². The Hall–Kier alpha value is -2.66. The Bertz CT molecular complexity index is 875. The molecule has 1 atom stereocenters. The quantitative estimate of drug-likeness (QED) is 0.689. The number of carbonyl (C=O) groups excluding carboxylic acids is 1. The predicted octanol–water partition coefficient (Wildman–Crippen LogP) is 4.77. The maximum Gasteiger partial charge on any atom is 0.258 e. The first-order valence-corrected chi connectivity index (χ1v) is 9.31. The van der Waals surface area contributed by atoms with E-state index in [2.05, 4.69) is 35.8 Å². The summed E-state index contributed by atoms with van der Waals surface area (Å²) in [6, 6.07) is 19.7. The van der Waals surface area contributed by atoms with E-state index in [9.17, 15) is 4.79 Å². The minimum atomic E-state index is -0.233. The summed E-state index contributed by atoms with van der Waals surface area (Å²) in [5, 5.41) is 3.50. The third-order valence-electron chi connectivity index (χ3n) is 4.36. The van der Waals surface area contributed by atoms with Crippen molar-refractivity contribution in [3.63, 3.8) is 0 Å². The Labute approximate surface area is 150 Å². The van der Waals surface area contributed by atoms with E-state index in [1.54, 1.807) is 18.0 Å². The van der Waals surface area contributed by atoms with Crippen molar-refractivity contribution in [3.8, 4) is 0 Å². The first-order chi connectivity index (χ1) is 12.3. The molecule has 1 amide bonds. The lowest BCUT2D eigenvalue weighted by atomic mass is 10.0. The van der Waals surface area contributed by atoms with Crippen molar-refractivity contribution in [2.45, 2.75) is 17.6 Å². The smallest absolute Gasteiger partial charge is 0.258 e. The van der Waals surface area contributed by atoms with Crippen molar-refractivity contribution in [1.29, 1.82) is 0 Å². The molecule has 0 saturated carbocycles. The first-order valence-electron chi connectivity index (χ1n) is 8.09. The molecule has 4 nitrogen and oxygen atoms in total. The second-order valence-electron chi connectivity index (χ2n) is 5.88. The molecule has 0 aliphatic carbocycles. The zero-order valence-electron chi connectivity index (χ0n) is 13.8. The maximum absolute atomic E-state index is 13.1. The number of rotatable bonds is 4. The van der Waals surface area contributed by atoms with E-state index in [1.165, 1.54) is 4.90 Å². The van der Waals surface area contributed by atoms with Crippen LogP contribution in [0.4, 0.5) is 5.69 Å². The summed E-state index contributed by atoms with van der Waals surface area (Å²) in [4.78, 5) is 16.1. The second-order valence-corrected chi connectivity index (χ2v) is 6.76. The highest BCUT2D eigenvalue weighted by Gasteiger charge is 2.33. The maximum atomic E-state index is 13.1. The van der Waals surface area contributed by atoms with Crippen molar-refractivity contribution < 1.29 is 9.21 Å². The molecule has 0 unspecified atom stereocenters. The average molecular weight is 350 g/mol. The van der Waals surface area contributed by atoms with Gasteiger partial charge in [0.25, 0.3) is 5.91 Å². The SMILES string of the molecule is CSc1ccc([C@@H]2Nc3ccccc3C(=O)N2Cc2ccco2)cc1. The molecule has 25 heavy (non-hydrogen) atoms. The van der Waals surface area contributed by atoms with E-state index in [0.29, 0.717) is 12.1 Å². The number of para-hydroxylation sites is 1. The van der Waals surface area contributed by atoms with Gasteiger partial charge in [0.15, 0.2) is 0 Å². The number of nitrogens with one attached hydrogen (secondary N) is 1. The Morgan fingerprint density at radius 3 is 2.60 bits per heavy atom. The fraction of sp³-hybridized carbons (Fsp3) is 0.150. The van der Waals surface area contributed by atoms with Gasteiger partial charge in [-0.3, -0.25) is 4.79 Å². The van der Waals surface area contributed by atoms with Gasteiger partial charge >= 0.3 is 0 Å². The molecule has 1 aromatic heterocycles. The molecule has 0 fully saturated rings. The Morgan fingerprint density at radius 1 is 1.08 bits per heavy atom. The van der Waals surface area contributed by atoms with Crippen LogP contribution < -0.4 is 5.32 Å². The highest BCUT2D eigenvalue weighted by atomic mass is 32.2. The summed E-state index contributed by atoms with van der Waals surface area (Å²) < 4.78 is 5.47. The van der Waals surface area contributed by atoms with E-state index < -0.39 is 0 Å². The van der Waals surface area contributed by atoms with E-state index in [0.717, 1.165) is 17.0 Å². The molecule has 0 bridgehead atoms.